The number of nitro groups is 1. The molecule has 0 aromatic carbocycles. The Bertz CT molecular complexity index is 289. The monoisotopic (exact) mass is 219 g/mol. The Labute approximate surface area is 69.6 Å². The Morgan fingerprint density at radius 3 is 2.64 bits per heavy atom. The predicted octanol–water partition coefficient (Wildman–Crippen LogP) is 0.963. The molecule has 0 bridgehead atoms. The Hall–Kier alpha value is -1.13. The normalized spacial score (nSPS) is 16.3. The fraction of sp³-hybridized carbons (Fsp3) is 0.200. The third-order valence-corrected chi connectivity index (χ3v) is 1.67. The highest BCUT2D eigenvalue weighted by atomic mass is 79.9. The molecular weight excluding hydrogens is 218 g/mol. The van der Waals surface area contributed by atoms with Gasteiger partial charge in [0, 0.05) is 0 Å². The number of allylic oxidation sites excluding steroid dienone is 1. The Kier molecular flexibility index (Phi) is 2.07. The van der Waals surface area contributed by atoms with E-state index < -0.39 is 10.8 Å². The molecule has 0 amide bonds. The van der Waals surface area contributed by atoms with E-state index in [9.17, 15) is 14.9 Å². The minimum Gasteiger partial charge on any atom is -0.393 e. The zero-order valence-corrected chi connectivity index (χ0v) is 6.75. The lowest BCUT2D eigenvalue weighted by Gasteiger charge is -1.89. The van der Waals surface area contributed by atoms with Gasteiger partial charge in [0.1, 0.15) is 9.41 Å². The molecule has 0 aliphatic carbocycles. The third kappa shape index (κ3) is 1.47. The third-order valence-electron chi connectivity index (χ3n) is 1.05. The summed E-state index contributed by atoms with van der Waals surface area (Å²) in [7, 11) is 0. The number of hydrogen-bond donors (Lipinski definition) is 0. The SMILES string of the molecule is O=C=C1CC(Br)=C([N+](=O)[O-])O1. The minimum atomic E-state index is -0.700. The molecule has 0 unspecified atom stereocenters. The standard InChI is InChI=1S/C5H2BrNO4/c6-4-1-3(2-8)11-5(4)7(9)10/h1H2. The molecule has 0 radical (unpaired) electrons. The topological polar surface area (TPSA) is 69.4 Å². The van der Waals surface area contributed by atoms with Gasteiger partial charge in [-0.1, -0.05) is 0 Å². The van der Waals surface area contributed by atoms with Crippen molar-refractivity contribution in [3.05, 3.63) is 26.2 Å². The predicted molar refractivity (Wildman–Crippen MR) is 37.9 cm³/mol. The molecule has 0 spiro atoms. The molecule has 0 saturated heterocycles. The van der Waals surface area contributed by atoms with Crippen LogP contribution in [0.25, 0.3) is 0 Å². The first-order chi connectivity index (χ1) is 5.15. The summed E-state index contributed by atoms with van der Waals surface area (Å²) in [6.07, 6.45) is 0.111. The summed E-state index contributed by atoms with van der Waals surface area (Å²) in [5.41, 5.74) is 0. The van der Waals surface area contributed by atoms with Gasteiger partial charge in [-0.3, -0.25) is 10.1 Å². The van der Waals surface area contributed by atoms with Crippen molar-refractivity contribution < 1.29 is 14.5 Å². The fourth-order valence-corrected chi connectivity index (χ4v) is 1.10. The van der Waals surface area contributed by atoms with Crippen molar-refractivity contribution in [3.8, 4) is 0 Å². The van der Waals surface area contributed by atoms with Crippen LogP contribution in [0.3, 0.4) is 0 Å². The molecule has 0 aromatic rings. The largest absolute Gasteiger partial charge is 0.444 e. The zero-order valence-electron chi connectivity index (χ0n) is 5.17. The van der Waals surface area contributed by atoms with Gasteiger partial charge in [0.05, 0.1) is 6.42 Å². The van der Waals surface area contributed by atoms with Crippen molar-refractivity contribution in [2.24, 2.45) is 0 Å². The van der Waals surface area contributed by atoms with Crippen LogP contribution in [0.4, 0.5) is 0 Å². The lowest BCUT2D eigenvalue weighted by atomic mass is 10.4. The summed E-state index contributed by atoms with van der Waals surface area (Å²) in [6.45, 7) is 0. The van der Waals surface area contributed by atoms with E-state index in [1.54, 1.807) is 0 Å². The van der Waals surface area contributed by atoms with Crippen LogP contribution in [0.1, 0.15) is 6.42 Å². The molecule has 11 heavy (non-hydrogen) atoms. The van der Waals surface area contributed by atoms with Gasteiger partial charge in [0.15, 0.2) is 11.7 Å². The van der Waals surface area contributed by atoms with Gasteiger partial charge >= 0.3 is 5.88 Å². The lowest BCUT2D eigenvalue weighted by molar-refractivity contribution is -0.458. The minimum absolute atomic E-state index is 0.0661. The summed E-state index contributed by atoms with van der Waals surface area (Å²) in [5.74, 6) is 0.954. The van der Waals surface area contributed by atoms with E-state index in [2.05, 4.69) is 20.7 Å². The van der Waals surface area contributed by atoms with E-state index in [4.69, 9.17) is 0 Å². The second kappa shape index (κ2) is 2.86. The smallest absolute Gasteiger partial charge is 0.393 e. The van der Waals surface area contributed by atoms with Gasteiger partial charge in [0.25, 0.3) is 0 Å². The number of nitrogens with zero attached hydrogens (tertiary/aromatic N) is 1. The molecule has 0 atom stereocenters. The first-order valence-corrected chi connectivity index (χ1v) is 3.39. The van der Waals surface area contributed by atoms with Crippen molar-refractivity contribution in [2.75, 3.05) is 0 Å². The molecule has 0 fully saturated rings. The average molecular weight is 220 g/mol. The van der Waals surface area contributed by atoms with Crippen LogP contribution >= 0.6 is 15.9 Å². The Morgan fingerprint density at radius 2 is 2.36 bits per heavy atom. The van der Waals surface area contributed by atoms with Crippen LogP contribution in [0.15, 0.2) is 16.1 Å². The highest BCUT2D eigenvalue weighted by molar-refractivity contribution is 9.11. The van der Waals surface area contributed by atoms with E-state index in [1.165, 1.54) is 5.94 Å². The van der Waals surface area contributed by atoms with Crippen molar-refractivity contribution in [3.63, 3.8) is 0 Å². The van der Waals surface area contributed by atoms with Crippen LogP contribution in [0.2, 0.25) is 0 Å². The summed E-state index contributed by atoms with van der Waals surface area (Å²) < 4.78 is 4.78. The van der Waals surface area contributed by atoms with Crippen molar-refractivity contribution in [2.45, 2.75) is 6.42 Å². The summed E-state index contributed by atoms with van der Waals surface area (Å²) in [6, 6.07) is 0. The molecule has 1 aliphatic heterocycles. The molecule has 1 heterocycles. The van der Waals surface area contributed by atoms with Crippen LogP contribution in [-0.4, -0.2) is 10.9 Å². The second-order valence-corrected chi connectivity index (χ2v) is 2.73. The molecule has 58 valence electrons. The van der Waals surface area contributed by atoms with Crippen LogP contribution in [-0.2, 0) is 9.53 Å². The maximum atomic E-state index is 10.1. The molecule has 6 heteroatoms. The quantitative estimate of drug-likeness (QED) is 0.375. The van der Waals surface area contributed by atoms with Gasteiger partial charge in [-0.2, -0.15) is 0 Å². The van der Waals surface area contributed by atoms with Crippen LogP contribution < -0.4 is 0 Å². The van der Waals surface area contributed by atoms with E-state index in [0.717, 1.165) is 0 Å². The molecule has 0 aromatic heterocycles. The zero-order chi connectivity index (χ0) is 8.43. The van der Waals surface area contributed by atoms with E-state index in [1.807, 2.05) is 0 Å². The van der Waals surface area contributed by atoms with Gasteiger partial charge < -0.3 is 4.74 Å². The van der Waals surface area contributed by atoms with Gasteiger partial charge in [-0.15, -0.1) is 0 Å². The van der Waals surface area contributed by atoms with Crippen molar-refractivity contribution >= 4 is 21.9 Å². The van der Waals surface area contributed by atoms with E-state index >= 15 is 0 Å². The highest BCUT2D eigenvalue weighted by Gasteiger charge is 2.29. The summed E-state index contributed by atoms with van der Waals surface area (Å²) >= 11 is 2.90. The maximum absolute atomic E-state index is 10.1. The highest BCUT2D eigenvalue weighted by Crippen LogP contribution is 2.30. The first-order valence-electron chi connectivity index (χ1n) is 2.60. The maximum Gasteiger partial charge on any atom is 0.444 e. The number of ether oxygens (including phenoxy) is 1. The van der Waals surface area contributed by atoms with E-state index in [0.29, 0.717) is 0 Å². The fourth-order valence-electron chi connectivity index (χ4n) is 0.618. The summed E-state index contributed by atoms with van der Waals surface area (Å²) in [4.78, 5) is 19.4. The van der Waals surface area contributed by atoms with Crippen molar-refractivity contribution in [1.82, 2.24) is 0 Å². The summed E-state index contributed by atoms with van der Waals surface area (Å²) in [5, 5.41) is 10.1. The molecule has 1 rings (SSSR count). The Balaban J connectivity index is 2.92. The van der Waals surface area contributed by atoms with Crippen LogP contribution in [0.5, 0.6) is 0 Å². The first kappa shape index (κ1) is 7.97. The average Bonchev–Trinajstić information content (AvgIpc) is 2.30. The molecule has 0 saturated carbocycles. The number of carbonyl (C=O) groups excluding carboxylic acids is 1. The lowest BCUT2D eigenvalue weighted by Crippen LogP contribution is -1.98. The molecule has 1 aliphatic rings. The molecule has 5 nitrogen and oxygen atoms in total. The Morgan fingerprint density at radius 1 is 1.73 bits per heavy atom. The molecule has 0 N–H and O–H groups in total. The number of hydrogen-bond acceptors (Lipinski definition) is 4. The van der Waals surface area contributed by atoms with Gasteiger partial charge in [-0.05, 0) is 15.9 Å². The second-order valence-electron chi connectivity index (χ2n) is 1.77. The van der Waals surface area contributed by atoms with Gasteiger partial charge in [-0.25, -0.2) is 4.79 Å². The van der Waals surface area contributed by atoms with Crippen molar-refractivity contribution in [1.29, 1.82) is 0 Å². The van der Waals surface area contributed by atoms with E-state index in [-0.39, 0.29) is 16.7 Å². The van der Waals surface area contributed by atoms with Gasteiger partial charge in [0.2, 0.25) is 0 Å². The number of rotatable bonds is 1. The van der Waals surface area contributed by atoms with Crippen LogP contribution in [0, 0.1) is 10.1 Å². The number of halogens is 1. The molecular formula is C5H2BrNO4.